The highest BCUT2D eigenvalue weighted by atomic mass is 32.2. The number of ether oxygens (including phenoxy) is 2. The van der Waals surface area contributed by atoms with Gasteiger partial charge in [0.25, 0.3) is 5.91 Å². The van der Waals surface area contributed by atoms with Gasteiger partial charge in [-0.3, -0.25) is 4.79 Å². The predicted octanol–water partition coefficient (Wildman–Crippen LogP) is 3.19. The van der Waals surface area contributed by atoms with Gasteiger partial charge in [-0.15, -0.1) is 0 Å². The van der Waals surface area contributed by atoms with Crippen molar-refractivity contribution in [2.45, 2.75) is 37.1 Å². The zero-order chi connectivity index (χ0) is 23.6. The third-order valence-electron chi connectivity index (χ3n) is 6.10. The molecular weight excluding hydrogens is 442 g/mol. The number of anilines is 1. The van der Waals surface area contributed by atoms with Gasteiger partial charge in [-0.2, -0.15) is 0 Å². The van der Waals surface area contributed by atoms with Gasteiger partial charge in [0.1, 0.15) is 13.2 Å². The monoisotopic (exact) mass is 473 g/mol. The molecule has 2 aliphatic heterocycles. The van der Waals surface area contributed by atoms with Gasteiger partial charge in [0.2, 0.25) is 10.0 Å². The second kappa shape index (κ2) is 9.61. The summed E-state index contributed by atoms with van der Waals surface area (Å²) in [6.45, 7) is 4.59. The maximum Gasteiger partial charge on any atom is 0.253 e. The van der Waals surface area contributed by atoms with E-state index in [0.717, 1.165) is 47.9 Å². The molecule has 1 N–H and O–H groups in total. The largest absolute Gasteiger partial charge is 0.486 e. The first-order valence-electron chi connectivity index (χ1n) is 11.3. The molecule has 1 saturated heterocycles. The summed E-state index contributed by atoms with van der Waals surface area (Å²) in [4.78, 5) is 15.7. The highest BCUT2D eigenvalue weighted by molar-refractivity contribution is 7.89. The lowest BCUT2D eigenvalue weighted by Gasteiger charge is -2.31. The fourth-order valence-electron chi connectivity index (χ4n) is 4.17. The van der Waals surface area contributed by atoms with Crippen molar-refractivity contribution in [2.24, 2.45) is 0 Å². The summed E-state index contributed by atoms with van der Waals surface area (Å²) in [7, 11) is -0.700. The van der Waals surface area contributed by atoms with Crippen molar-refractivity contribution in [1.29, 1.82) is 0 Å². The van der Waals surface area contributed by atoms with Crippen LogP contribution in [-0.2, 0) is 10.0 Å². The van der Waals surface area contributed by atoms with Gasteiger partial charge in [0.05, 0.1) is 16.5 Å². The number of nitrogens with one attached hydrogen (secondary N) is 1. The fraction of sp³-hybridized carbons (Fsp3) is 0.458. The van der Waals surface area contributed by atoms with Crippen LogP contribution in [0, 0.1) is 0 Å². The quantitative estimate of drug-likeness (QED) is 0.693. The smallest absolute Gasteiger partial charge is 0.253 e. The van der Waals surface area contributed by atoms with E-state index in [1.807, 2.05) is 25.1 Å². The first kappa shape index (κ1) is 23.4. The van der Waals surface area contributed by atoms with Gasteiger partial charge in [-0.05, 0) is 62.1 Å². The van der Waals surface area contributed by atoms with Crippen molar-refractivity contribution in [3.8, 4) is 11.5 Å². The van der Waals surface area contributed by atoms with E-state index in [1.165, 1.54) is 20.2 Å². The molecule has 0 radical (unpaired) electrons. The summed E-state index contributed by atoms with van der Waals surface area (Å²) >= 11 is 0. The van der Waals surface area contributed by atoms with Gasteiger partial charge in [-0.1, -0.05) is 6.07 Å². The van der Waals surface area contributed by atoms with E-state index in [1.54, 1.807) is 12.1 Å². The number of hydrogen-bond donors (Lipinski definition) is 1. The SMILES string of the molecule is CC(NC(=O)c1cc(S(=O)(=O)N(C)C)ccc1N1CCCCC1)c1ccc2c(c1)OCCO2. The first-order chi connectivity index (χ1) is 15.8. The summed E-state index contributed by atoms with van der Waals surface area (Å²) in [5, 5.41) is 3.04. The van der Waals surface area contributed by atoms with Crippen molar-refractivity contribution in [2.75, 3.05) is 45.3 Å². The molecule has 4 rings (SSSR count). The fourth-order valence-corrected chi connectivity index (χ4v) is 5.09. The average molecular weight is 474 g/mol. The minimum absolute atomic E-state index is 0.102. The Morgan fingerprint density at radius 1 is 1.00 bits per heavy atom. The van der Waals surface area contributed by atoms with Gasteiger partial charge in [0, 0.05) is 32.9 Å². The molecular formula is C24H31N3O5S. The molecule has 0 saturated carbocycles. The highest BCUT2D eigenvalue weighted by Crippen LogP contribution is 2.33. The Morgan fingerprint density at radius 3 is 2.39 bits per heavy atom. The molecule has 1 unspecified atom stereocenters. The number of fused-ring (bicyclic) bond motifs is 1. The van der Waals surface area contributed by atoms with E-state index in [4.69, 9.17) is 9.47 Å². The Balaban J connectivity index is 1.64. The van der Waals surface area contributed by atoms with Crippen LogP contribution in [0.25, 0.3) is 0 Å². The van der Waals surface area contributed by atoms with E-state index in [-0.39, 0.29) is 16.8 Å². The van der Waals surface area contributed by atoms with Crippen LogP contribution in [0.1, 0.15) is 48.1 Å². The highest BCUT2D eigenvalue weighted by Gasteiger charge is 2.25. The summed E-state index contributed by atoms with van der Waals surface area (Å²) < 4.78 is 37.9. The zero-order valence-corrected chi connectivity index (χ0v) is 20.2. The number of rotatable bonds is 6. The summed E-state index contributed by atoms with van der Waals surface area (Å²) in [6, 6.07) is 10.1. The number of hydrogen-bond acceptors (Lipinski definition) is 6. The van der Waals surface area contributed by atoms with E-state index in [0.29, 0.717) is 30.3 Å². The molecule has 1 amide bonds. The molecule has 1 fully saturated rings. The molecule has 2 aliphatic rings. The Hall–Kier alpha value is -2.78. The molecule has 178 valence electrons. The van der Waals surface area contributed by atoms with Crippen LogP contribution in [0.4, 0.5) is 5.69 Å². The van der Waals surface area contributed by atoms with E-state index < -0.39 is 10.0 Å². The van der Waals surface area contributed by atoms with E-state index >= 15 is 0 Å². The number of amides is 1. The lowest BCUT2D eigenvalue weighted by Crippen LogP contribution is -2.34. The van der Waals surface area contributed by atoms with Gasteiger partial charge in [-0.25, -0.2) is 12.7 Å². The predicted molar refractivity (Wildman–Crippen MR) is 127 cm³/mol. The molecule has 2 heterocycles. The van der Waals surface area contributed by atoms with Crippen LogP contribution in [-0.4, -0.2) is 59.0 Å². The Bertz CT molecular complexity index is 1130. The second-order valence-electron chi connectivity index (χ2n) is 8.61. The van der Waals surface area contributed by atoms with Crippen LogP contribution < -0.4 is 19.7 Å². The van der Waals surface area contributed by atoms with Gasteiger partial charge < -0.3 is 19.7 Å². The summed E-state index contributed by atoms with van der Waals surface area (Å²) in [5.41, 5.74) is 2.01. The van der Waals surface area contributed by atoms with Crippen LogP contribution in [0.5, 0.6) is 11.5 Å². The number of carbonyl (C=O) groups excluding carboxylic acids is 1. The van der Waals surface area contributed by atoms with Crippen molar-refractivity contribution in [1.82, 2.24) is 9.62 Å². The summed E-state index contributed by atoms with van der Waals surface area (Å²) in [5.74, 6) is 1.04. The van der Waals surface area contributed by atoms with Crippen LogP contribution >= 0.6 is 0 Å². The molecule has 8 nitrogen and oxygen atoms in total. The standard InChI is InChI=1S/C24H31N3O5S/c1-17(18-7-10-22-23(15-18)32-14-13-31-22)25-24(28)20-16-19(33(29,30)26(2)3)8-9-21(20)27-11-5-4-6-12-27/h7-10,15-17H,4-6,11-14H2,1-3H3,(H,25,28). The molecule has 33 heavy (non-hydrogen) atoms. The molecule has 2 aromatic carbocycles. The molecule has 0 aliphatic carbocycles. The third-order valence-corrected chi connectivity index (χ3v) is 7.91. The molecule has 0 spiro atoms. The van der Waals surface area contributed by atoms with Gasteiger partial charge >= 0.3 is 0 Å². The average Bonchev–Trinajstić information content (AvgIpc) is 2.83. The van der Waals surface area contributed by atoms with Crippen molar-refractivity contribution in [3.63, 3.8) is 0 Å². The maximum absolute atomic E-state index is 13.4. The minimum Gasteiger partial charge on any atom is -0.486 e. The number of nitrogens with zero attached hydrogens (tertiary/aromatic N) is 2. The lowest BCUT2D eigenvalue weighted by molar-refractivity contribution is 0.0940. The maximum atomic E-state index is 13.4. The lowest BCUT2D eigenvalue weighted by atomic mass is 10.0. The number of sulfonamides is 1. The molecule has 0 aromatic heterocycles. The normalized spacial score (nSPS) is 17.0. The minimum atomic E-state index is -3.67. The second-order valence-corrected chi connectivity index (χ2v) is 10.8. The molecule has 1 atom stereocenters. The van der Waals surface area contributed by atoms with E-state index in [2.05, 4.69) is 10.2 Å². The zero-order valence-electron chi connectivity index (χ0n) is 19.3. The van der Waals surface area contributed by atoms with Crippen LogP contribution in [0.2, 0.25) is 0 Å². The molecule has 9 heteroatoms. The van der Waals surface area contributed by atoms with Crippen LogP contribution in [0.3, 0.4) is 0 Å². The molecule has 0 bridgehead atoms. The van der Waals surface area contributed by atoms with Crippen molar-refractivity contribution >= 4 is 21.6 Å². The molecule has 2 aromatic rings. The topological polar surface area (TPSA) is 88.2 Å². The first-order valence-corrected chi connectivity index (χ1v) is 12.7. The Morgan fingerprint density at radius 2 is 1.70 bits per heavy atom. The Labute approximate surface area is 195 Å². The van der Waals surface area contributed by atoms with Crippen molar-refractivity contribution < 1.29 is 22.7 Å². The number of benzene rings is 2. The van der Waals surface area contributed by atoms with Crippen molar-refractivity contribution in [3.05, 3.63) is 47.5 Å². The van der Waals surface area contributed by atoms with Crippen LogP contribution in [0.15, 0.2) is 41.3 Å². The third kappa shape index (κ3) is 4.94. The summed E-state index contributed by atoms with van der Waals surface area (Å²) in [6.07, 6.45) is 3.26. The number of carbonyl (C=O) groups is 1. The Kier molecular flexibility index (Phi) is 6.81. The number of piperidine rings is 1. The van der Waals surface area contributed by atoms with E-state index in [9.17, 15) is 13.2 Å². The van der Waals surface area contributed by atoms with Gasteiger partial charge in [0.15, 0.2) is 11.5 Å².